The molecule has 0 radical (unpaired) electrons. The van der Waals surface area contributed by atoms with E-state index in [4.69, 9.17) is 40.5 Å². The van der Waals surface area contributed by atoms with Crippen LogP contribution in [0.25, 0.3) is 0 Å². The molecule has 0 aromatic heterocycles. The van der Waals surface area contributed by atoms with Gasteiger partial charge in [-0.15, -0.1) is 0 Å². The van der Waals surface area contributed by atoms with E-state index in [0.29, 0.717) is 32.5 Å². The van der Waals surface area contributed by atoms with Crippen molar-refractivity contribution in [1.29, 1.82) is 0 Å². The molecule has 92 valence electrons. The minimum Gasteiger partial charge on any atom is -0.387 e. The van der Waals surface area contributed by atoms with Gasteiger partial charge in [-0.3, -0.25) is 0 Å². The van der Waals surface area contributed by atoms with Gasteiger partial charge in [0.15, 0.2) is 0 Å². The minimum atomic E-state index is 0.375. The molecule has 1 fully saturated rings. The Morgan fingerprint density at radius 1 is 1.06 bits per heavy atom. The molecule has 1 saturated carbocycles. The first-order chi connectivity index (χ1) is 8.08. The van der Waals surface area contributed by atoms with Crippen molar-refractivity contribution in [1.82, 2.24) is 0 Å². The smallest absolute Gasteiger partial charge is 0.103 e. The van der Waals surface area contributed by atoms with Crippen molar-refractivity contribution >= 4 is 46.3 Å². The fourth-order valence-electron chi connectivity index (χ4n) is 2.05. The second kappa shape index (κ2) is 5.47. The van der Waals surface area contributed by atoms with E-state index >= 15 is 0 Å². The summed E-state index contributed by atoms with van der Waals surface area (Å²) >= 11 is 17.8. The minimum absolute atomic E-state index is 0.375. The summed E-state index contributed by atoms with van der Waals surface area (Å²) in [5.74, 6) is 1.02. The number of benzene rings is 1. The largest absolute Gasteiger partial charge is 0.387 e. The van der Waals surface area contributed by atoms with E-state index < -0.39 is 0 Å². The van der Waals surface area contributed by atoms with E-state index in [2.05, 4.69) is 4.99 Å². The Morgan fingerprint density at radius 3 is 2.29 bits per heavy atom. The van der Waals surface area contributed by atoms with Crippen LogP contribution >= 0.6 is 34.8 Å². The molecular formula is C12H13Cl3N2. The first-order valence-corrected chi connectivity index (χ1v) is 6.70. The SMILES string of the molecule is NC(=Nc1cc(Cl)c(Cl)cc1Cl)C1CCCC1. The van der Waals surface area contributed by atoms with Crippen molar-refractivity contribution in [2.24, 2.45) is 16.6 Å². The third-order valence-electron chi connectivity index (χ3n) is 3.01. The molecule has 0 atom stereocenters. The lowest BCUT2D eigenvalue weighted by Crippen LogP contribution is -2.20. The standard InChI is InChI=1S/C12H13Cl3N2/c13-8-5-10(15)11(6-9(8)14)17-12(16)7-3-1-2-4-7/h5-7H,1-4H2,(H2,16,17). The van der Waals surface area contributed by atoms with Gasteiger partial charge in [0.2, 0.25) is 0 Å². The summed E-state index contributed by atoms with van der Waals surface area (Å²) in [7, 11) is 0. The normalized spacial score (nSPS) is 17.7. The Balaban J connectivity index is 2.28. The van der Waals surface area contributed by atoms with Crippen molar-refractivity contribution in [3.63, 3.8) is 0 Å². The molecule has 1 aliphatic rings. The van der Waals surface area contributed by atoms with E-state index in [1.165, 1.54) is 12.8 Å². The maximum absolute atomic E-state index is 6.05. The molecule has 0 spiro atoms. The van der Waals surface area contributed by atoms with Crippen LogP contribution in [0.2, 0.25) is 15.1 Å². The van der Waals surface area contributed by atoms with Gasteiger partial charge in [-0.1, -0.05) is 47.6 Å². The van der Waals surface area contributed by atoms with Gasteiger partial charge in [0.1, 0.15) is 5.84 Å². The zero-order chi connectivity index (χ0) is 12.4. The molecule has 0 saturated heterocycles. The molecule has 5 heteroatoms. The molecule has 1 aromatic rings. The van der Waals surface area contributed by atoms with E-state index in [-0.39, 0.29) is 0 Å². The Bertz CT molecular complexity index is 451. The highest BCUT2D eigenvalue weighted by atomic mass is 35.5. The lowest BCUT2D eigenvalue weighted by molar-refractivity contribution is 0.722. The number of nitrogens with zero attached hydrogens (tertiary/aromatic N) is 1. The number of hydrogen-bond acceptors (Lipinski definition) is 1. The molecular weight excluding hydrogens is 279 g/mol. The van der Waals surface area contributed by atoms with Gasteiger partial charge in [0.25, 0.3) is 0 Å². The highest BCUT2D eigenvalue weighted by Crippen LogP contribution is 2.35. The number of nitrogens with two attached hydrogens (primary N) is 1. The number of halogens is 3. The fraction of sp³-hybridized carbons (Fsp3) is 0.417. The average molecular weight is 292 g/mol. The van der Waals surface area contributed by atoms with Crippen LogP contribution in [0.3, 0.4) is 0 Å². The summed E-state index contributed by atoms with van der Waals surface area (Å²) in [4.78, 5) is 4.36. The first kappa shape index (κ1) is 13.0. The third-order valence-corrected chi connectivity index (χ3v) is 4.04. The lowest BCUT2D eigenvalue weighted by Gasteiger charge is -2.09. The fourth-order valence-corrected chi connectivity index (χ4v) is 2.63. The van der Waals surface area contributed by atoms with Crippen molar-refractivity contribution in [3.05, 3.63) is 27.2 Å². The van der Waals surface area contributed by atoms with E-state index in [1.807, 2.05) is 0 Å². The predicted octanol–water partition coefficient (Wildman–Crippen LogP) is 4.83. The predicted molar refractivity (Wildman–Crippen MR) is 74.7 cm³/mol. The van der Waals surface area contributed by atoms with Gasteiger partial charge in [0, 0.05) is 5.92 Å². The molecule has 2 rings (SSSR count). The Labute approximate surface area is 116 Å². The Hall–Kier alpha value is -0.440. The summed E-state index contributed by atoms with van der Waals surface area (Å²) in [6, 6.07) is 3.24. The van der Waals surface area contributed by atoms with Crippen LogP contribution in [0, 0.1) is 5.92 Å². The van der Waals surface area contributed by atoms with Gasteiger partial charge in [-0.05, 0) is 25.0 Å². The van der Waals surface area contributed by atoms with Crippen LogP contribution in [-0.2, 0) is 0 Å². The number of hydrogen-bond donors (Lipinski definition) is 1. The van der Waals surface area contributed by atoms with Crippen LogP contribution in [0.15, 0.2) is 17.1 Å². The number of rotatable bonds is 2. The monoisotopic (exact) mass is 290 g/mol. The zero-order valence-corrected chi connectivity index (χ0v) is 11.5. The molecule has 0 heterocycles. The molecule has 1 aliphatic carbocycles. The lowest BCUT2D eigenvalue weighted by atomic mass is 10.1. The molecule has 0 bridgehead atoms. The van der Waals surface area contributed by atoms with Gasteiger partial charge in [-0.25, -0.2) is 4.99 Å². The van der Waals surface area contributed by atoms with Crippen LogP contribution in [0.5, 0.6) is 0 Å². The summed E-state index contributed by atoms with van der Waals surface area (Å²) in [5.41, 5.74) is 6.57. The zero-order valence-electron chi connectivity index (χ0n) is 9.22. The number of amidine groups is 1. The first-order valence-electron chi connectivity index (χ1n) is 5.56. The topological polar surface area (TPSA) is 38.4 Å². The molecule has 0 aliphatic heterocycles. The molecule has 2 N–H and O–H groups in total. The van der Waals surface area contributed by atoms with Crippen molar-refractivity contribution in [2.75, 3.05) is 0 Å². The van der Waals surface area contributed by atoms with Gasteiger partial charge < -0.3 is 5.73 Å². The maximum Gasteiger partial charge on any atom is 0.103 e. The molecule has 0 amide bonds. The van der Waals surface area contributed by atoms with E-state index in [9.17, 15) is 0 Å². The highest BCUT2D eigenvalue weighted by Gasteiger charge is 2.19. The summed E-state index contributed by atoms with van der Waals surface area (Å²) in [5, 5.41) is 1.34. The van der Waals surface area contributed by atoms with Gasteiger partial charge in [-0.2, -0.15) is 0 Å². The number of aliphatic imine (C=N–C) groups is 1. The van der Waals surface area contributed by atoms with Crippen LogP contribution in [0.4, 0.5) is 5.69 Å². The third kappa shape index (κ3) is 3.06. The highest BCUT2D eigenvalue weighted by molar-refractivity contribution is 6.44. The van der Waals surface area contributed by atoms with Gasteiger partial charge >= 0.3 is 0 Å². The van der Waals surface area contributed by atoms with Gasteiger partial charge in [0.05, 0.1) is 20.8 Å². The molecule has 2 nitrogen and oxygen atoms in total. The quantitative estimate of drug-likeness (QED) is 0.473. The van der Waals surface area contributed by atoms with Crippen LogP contribution < -0.4 is 5.73 Å². The van der Waals surface area contributed by atoms with Crippen molar-refractivity contribution < 1.29 is 0 Å². The maximum atomic E-state index is 6.05. The summed E-state index contributed by atoms with van der Waals surface area (Å²) < 4.78 is 0. The van der Waals surface area contributed by atoms with Crippen molar-refractivity contribution in [2.45, 2.75) is 25.7 Å². The Morgan fingerprint density at radius 2 is 1.65 bits per heavy atom. The van der Waals surface area contributed by atoms with Crippen LogP contribution in [0.1, 0.15) is 25.7 Å². The molecule has 17 heavy (non-hydrogen) atoms. The average Bonchev–Trinajstić information content (AvgIpc) is 2.79. The second-order valence-corrected chi connectivity index (χ2v) is 5.46. The summed E-state index contributed by atoms with van der Waals surface area (Å²) in [6.07, 6.45) is 4.65. The van der Waals surface area contributed by atoms with E-state index in [1.54, 1.807) is 12.1 Å². The van der Waals surface area contributed by atoms with Crippen LogP contribution in [-0.4, -0.2) is 5.84 Å². The molecule has 1 aromatic carbocycles. The second-order valence-electron chi connectivity index (χ2n) is 4.24. The van der Waals surface area contributed by atoms with Crippen molar-refractivity contribution in [3.8, 4) is 0 Å². The summed E-state index contributed by atoms with van der Waals surface area (Å²) in [6.45, 7) is 0. The Kier molecular flexibility index (Phi) is 4.18. The van der Waals surface area contributed by atoms with E-state index in [0.717, 1.165) is 12.8 Å². The molecule has 0 unspecified atom stereocenters.